The minimum atomic E-state index is -1.93. The van der Waals surface area contributed by atoms with E-state index in [1.54, 1.807) is 0 Å². The second-order valence-electron chi connectivity index (χ2n) is 11.6. The third-order valence-corrected chi connectivity index (χ3v) is 7.45. The van der Waals surface area contributed by atoms with E-state index in [0.29, 0.717) is 54.8 Å². The zero-order chi connectivity index (χ0) is 27.4. The van der Waals surface area contributed by atoms with Gasteiger partial charge >= 0.3 is 0 Å². The maximum Gasteiger partial charge on any atom is 0.161 e. The Bertz CT molecular complexity index is 1210. The molecule has 0 aliphatic carbocycles. The molecule has 0 amide bonds. The summed E-state index contributed by atoms with van der Waals surface area (Å²) >= 11 is 0. The normalized spacial score (nSPS) is 26.9. The van der Waals surface area contributed by atoms with Crippen LogP contribution >= 0.6 is 0 Å². The fraction of sp³-hybridized carbons (Fsp3) is 0.500. The Hall–Kier alpha value is -2.27. The van der Waals surface area contributed by atoms with E-state index in [2.05, 4.69) is 15.7 Å². The number of aliphatic hydroxyl groups excluding tert-OH is 3. The van der Waals surface area contributed by atoms with Gasteiger partial charge in [-0.25, -0.2) is 4.39 Å². The quantitative estimate of drug-likeness (QED) is 0.333. The molecule has 38 heavy (non-hydrogen) atoms. The molecule has 5 rings (SSSR count). The number of hydrogen-bond donors (Lipinski definition) is 3. The van der Waals surface area contributed by atoms with Gasteiger partial charge in [0.05, 0.1) is 13.2 Å². The van der Waals surface area contributed by atoms with Gasteiger partial charge < -0.3 is 39.0 Å². The molecule has 3 aliphatic heterocycles. The lowest BCUT2D eigenvalue weighted by molar-refractivity contribution is -0.214. The summed E-state index contributed by atoms with van der Waals surface area (Å²) in [4.78, 5) is 0. The average molecular weight is 522 g/mol. The van der Waals surface area contributed by atoms with E-state index in [9.17, 15) is 19.7 Å². The number of halogens is 1. The van der Waals surface area contributed by atoms with Gasteiger partial charge in [0.15, 0.2) is 17.7 Å². The first-order valence-electron chi connectivity index (χ1n) is 13.1. The van der Waals surface area contributed by atoms with E-state index in [-0.39, 0.29) is 0 Å². The Morgan fingerprint density at radius 2 is 1.66 bits per heavy atom. The summed E-state index contributed by atoms with van der Waals surface area (Å²) in [6.07, 6.45) is -7.08. The molecular weight excluding hydrogens is 489 g/mol. The van der Waals surface area contributed by atoms with Crippen molar-refractivity contribution in [3.8, 4) is 23.0 Å². The summed E-state index contributed by atoms with van der Waals surface area (Å²) < 4.78 is 44.6. The van der Waals surface area contributed by atoms with Crippen molar-refractivity contribution in [3.63, 3.8) is 0 Å². The Balaban J connectivity index is 1.68. The highest BCUT2D eigenvalue weighted by Gasteiger charge is 2.47. The molecule has 2 aromatic carbocycles. The third kappa shape index (κ3) is 4.81. The van der Waals surface area contributed by atoms with Crippen LogP contribution in [0.15, 0.2) is 24.3 Å². The fourth-order valence-corrected chi connectivity index (χ4v) is 5.40. The summed E-state index contributed by atoms with van der Waals surface area (Å²) in [7, 11) is 9.85. The lowest BCUT2D eigenvalue weighted by Gasteiger charge is -2.41. The first kappa shape index (κ1) is 27.3. The van der Waals surface area contributed by atoms with Gasteiger partial charge in [-0.15, -0.1) is 0 Å². The van der Waals surface area contributed by atoms with Gasteiger partial charge in [-0.3, -0.25) is 0 Å². The molecule has 2 aromatic rings. The lowest BCUT2D eigenvalue weighted by atomic mass is 9.47. The molecule has 1 saturated heterocycles. The van der Waals surface area contributed by atoms with Crippen molar-refractivity contribution >= 4 is 39.2 Å². The summed E-state index contributed by atoms with van der Waals surface area (Å²) in [5, 5.41) is 30.0. The summed E-state index contributed by atoms with van der Waals surface area (Å²) in [6.45, 7) is 0.783. The molecule has 198 valence electrons. The van der Waals surface area contributed by atoms with E-state index >= 15 is 0 Å². The molecule has 1 fully saturated rings. The van der Waals surface area contributed by atoms with Crippen molar-refractivity contribution < 1.29 is 43.4 Å². The fourth-order valence-electron chi connectivity index (χ4n) is 5.40. The SMILES string of the molecule is BC(B)(B)Oc1c([C@@H]2O[C@H](CO)[C@@H](F)[C@H](O)[C@H]2O)cc(C(B)(B)c2ccc3c(c2)OCCO3)c2c1CCO2. The smallest absolute Gasteiger partial charge is 0.161 e. The highest BCUT2D eigenvalue weighted by molar-refractivity contribution is 6.58. The zero-order valence-electron chi connectivity index (χ0n) is 22.5. The topological polar surface area (TPSA) is 107 Å². The van der Waals surface area contributed by atoms with Crippen LogP contribution in [0.1, 0.15) is 28.4 Å². The van der Waals surface area contributed by atoms with Crippen LogP contribution in [0, 0.1) is 0 Å². The van der Waals surface area contributed by atoms with Crippen molar-refractivity contribution in [2.24, 2.45) is 0 Å². The molecule has 8 nitrogen and oxygen atoms in total. The largest absolute Gasteiger partial charge is 0.513 e. The van der Waals surface area contributed by atoms with E-state index in [1.165, 1.54) is 0 Å². The number of alkyl halides is 1. The molecule has 14 heteroatoms. The number of ether oxygens (including phenoxy) is 5. The predicted molar refractivity (Wildman–Crippen MR) is 152 cm³/mol. The Morgan fingerprint density at radius 3 is 2.34 bits per heavy atom. The van der Waals surface area contributed by atoms with Crippen molar-refractivity contribution in [1.82, 2.24) is 0 Å². The average Bonchev–Trinajstić information content (AvgIpc) is 3.37. The minimum Gasteiger partial charge on any atom is -0.513 e. The highest BCUT2D eigenvalue weighted by atomic mass is 19.1. The second-order valence-corrected chi connectivity index (χ2v) is 11.6. The molecule has 3 aliphatic rings. The van der Waals surface area contributed by atoms with E-state index in [0.717, 1.165) is 16.7 Å². The first-order chi connectivity index (χ1) is 17.9. The standard InChI is InChI=1S/C24H32B5FO8/c25-23(26,10-1-2-14-15(7-10)35-6-5-34-14)13-8-12(22-19(33)18(32)17(30)16(9-31)37-22)20(38-24(27,28)29)11-3-4-36-21(11)13/h1-2,7-8,16-19,22,31-33H,3-6,9,25-29H2/t16-,17-,18+,19-,22+/m1/s1. The molecule has 0 unspecified atom stereocenters. The van der Waals surface area contributed by atoms with Crippen LogP contribution in [0.2, 0.25) is 0 Å². The van der Waals surface area contributed by atoms with Crippen LogP contribution in [0.4, 0.5) is 4.39 Å². The lowest BCUT2D eigenvalue weighted by Crippen LogP contribution is -2.53. The predicted octanol–water partition coefficient (Wildman–Crippen LogP) is -3.76. The highest BCUT2D eigenvalue weighted by Crippen LogP contribution is 2.49. The number of fused-ring (bicyclic) bond motifs is 2. The summed E-state index contributed by atoms with van der Waals surface area (Å²) in [6, 6.07) is 7.69. The molecular formula is C24H32B5FO8. The van der Waals surface area contributed by atoms with Crippen molar-refractivity contribution in [2.75, 3.05) is 26.4 Å². The van der Waals surface area contributed by atoms with Crippen molar-refractivity contribution in [1.29, 1.82) is 0 Å². The number of rotatable bonds is 6. The molecule has 3 heterocycles. The van der Waals surface area contributed by atoms with Crippen molar-refractivity contribution in [3.05, 3.63) is 46.5 Å². The first-order valence-corrected chi connectivity index (χ1v) is 13.1. The van der Waals surface area contributed by atoms with Gasteiger partial charge in [0, 0.05) is 22.8 Å². The monoisotopic (exact) mass is 522 g/mol. The Labute approximate surface area is 226 Å². The number of benzene rings is 2. The van der Waals surface area contributed by atoms with Crippen LogP contribution in [0.5, 0.6) is 23.0 Å². The Kier molecular flexibility index (Phi) is 7.22. The maximum atomic E-state index is 14.6. The van der Waals surface area contributed by atoms with E-state index in [4.69, 9.17) is 23.7 Å². The van der Waals surface area contributed by atoms with Gasteiger partial charge in [0.25, 0.3) is 0 Å². The van der Waals surface area contributed by atoms with Crippen LogP contribution in [-0.2, 0) is 16.4 Å². The summed E-state index contributed by atoms with van der Waals surface area (Å²) in [5.74, 6) is 2.54. The van der Waals surface area contributed by atoms with Crippen LogP contribution in [-0.4, -0.2) is 111 Å². The van der Waals surface area contributed by atoms with Gasteiger partial charge in [-0.05, 0) is 34.5 Å². The van der Waals surface area contributed by atoms with Crippen LogP contribution in [0.3, 0.4) is 0 Å². The number of hydrogen-bond acceptors (Lipinski definition) is 8. The van der Waals surface area contributed by atoms with Crippen LogP contribution < -0.4 is 18.9 Å². The van der Waals surface area contributed by atoms with Gasteiger partial charge in [0.1, 0.15) is 88.4 Å². The molecule has 0 aromatic heterocycles. The van der Waals surface area contributed by atoms with E-state index < -0.39 is 47.7 Å². The summed E-state index contributed by atoms with van der Waals surface area (Å²) in [5.41, 5.74) is 3.08. The van der Waals surface area contributed by atoms with Gasteiger partial charge in [-0.2, -0.15) is 0 Å². The van der Waals surface area contributed by atoms with E-state index in [1.807, 2.05) is 47.8 Å². The maximum absolute atomic E-state index is 14.6. The third-order valence-electron chi connectivity index (χ3n) is 7.45. The van der Waals surface area contributed by atoms with Gasteiger partial charge in [-0.1, -0.05) is 6.07 Å². The molecule has 5 atom stereocenters. The molecule has 0 bridgehead atoms. The van der Waals surface area contributed by atoms with Crippen LogP contribution in [0.25, 0.3) is 0 Å². The molecule has 0 radical (unpaired) electrons. The number of aliphatic hydroxyl groups is 3. The zero-order valence-corrected chi connectivity index (χ0v) is 22.5. The molecule has 0 spiro atoms. The Morgan fingerprint density at radius 1 is 0.947 bits per heavy atom. The molecule has 3 N–H and O–H groups in total. The minimum absolute atomic E-state index is 0.450. The van der Waals surface area contributed by atoms with Crippen molar-refractivity contribution in [2.45, 2.75) is 47.5 Å². The second kappa shape index (κ2) is 10.0. The molecule has 0 saturated carbocycles. The van der Waals surface area contributed by atoms with Gasteiger partial charge in [0.2, 0.25) is 0 Å².